The van der Waals surface area contributed by atoms with Gasteiger partial charge in [0.25, 0.3) is 0 Å². The van der Waals surface area contributed by atoms with Crippen molar-refractivity contribution in [2.75, 3.05) is 0 Å². The maximum atomic E-state index is 4.90. The van der Waals surface area contributed by atoms with Gasteiger partial charge in [0.1, 0.15) is 5.82 Å². The Balaban J connectivity index is 1.69. The van der Waals surface area contributed by atoms with Crippen LogP contribution in [-0.4, -0.2) is 29.1 Å². The molecule has 0 saturated heterocycles. The molecule has 0 unspecified atom stereocenters. The summed E-state index contributed by atoms with van der Waals surface area (Å²) in [6.45, 7) is 8.31. The third-order valence-electron chi connectivity index (χ3n) is 5.27. The van der Waals surface area contributed by atoms with E-state index < -0.39 is 0 Å². The zero-order valence-corrected chi connectivity index (χ0v) is 16.4. The number of fused-ring (bicyclic) bond motifs is 1. The van der Waals surface area contributed by atoms with Gasteiger partial charge in [-0.05, 0) is 13.8 Å². The summed E-state index contributed by atoms with van der Waals surface area (Å²) in [7, 11) is 2.05. The van der Waals surface area contributed by atoms with Gasteiger partial charge >= 0.3 is 0 Å². The number of imidazole rings is 1. The Morgan fingerprint density at radius 3 is 2.41 bits per heavy atom. The molecule has 3 heterocycles. The predicted molar refractivity (Wildman–Crippen MR) is 106 cm³/mol. The third-order valence-corrected chi connectivity index (χ3v) is 5.27. The van der Waals surface area contributed by atoms with Crippen LogP contribution in [0.1, 0.15) is 48.7 Å². The number of hydrogen-bond acceptors (Lipinski definition) is 4. The zero-order valence-electron chi connectivity index (χ0n) is 16.4. The Bertz CT molecular complexity index is 1050. The fourth-order valence-corrected chi connectivity index (χ4v) is 3.40. The number of nitrogens with zero attached hydrogens (tertiary/aromatic N) is 6. The molecule has 0 aliphatic heterocycles. The van der Waals surface area contributed by atoms with E-state index in [1.54, 1.807) is 0 Å². The maximum absolute atomic E-state index is 4.90. The molecule has 27 heavy (non-hydrogen) atoms. The zero-order chi connectivity index (χ0) is 19.1. The first kappa shape index (κ1) is 17.4. The SMILES string of the molecule is Cc1ncc(C)n2nc([C@@H](C)[C@H](C)c3nc(-c4ccccc4)cn3C)nc12. The molecule has 0 N–H and O–H groups in total. The van der Waals surface area contributed by atoms with E-state index in [0.29, 0.717) is 0 Å². The van der Waals surface area contributed by atoms with Crippen LogP contribution in [-0.2, 0) is 7.05 Å². The van der Waals surface area contributed by atoms with E-state index in [1.165, 1.54) is 0 Å². The molecule has 2 atom stereocenters. The quantitative estimate of drug-likeness (QED) is 0.551. The molecule has 1 aromatic carbocycles. The summed E-state index contributed by atoms with van der Waals surface area (Å²) < 4.78 is 3.99. The van der Waals surface area contributed by atoms with Gasteiger partial charge in [0, 0.05) is 36.8 Å². The lowest BCUT2D eigenvalue weighted by Gasteiger charge is -2.16. The molecule has 0 aliphatic rings. The fraction of sp³-hybridized carbons (Fsp3) is 0.333. The standard InChI is InChI=1S/C21H24N6/c1-13-11-22-16(4)21-24-19(25-27(13)21)14(2)15(3)20-23-18(12-26(20)5)17-9-7-6-8-10-17/h6-12,14-15H,1-5H3/t14-,15-/m0/s1. The molecule has 138 valence electrons. The molecule has 0 radical (unpaired) electrons. The molecular formula is C21H24N6. The summed E-state index contributed by atoms with van der Waals surface area (Å²) in [6, 6.07) is 10.3. The Kier molecular flexibility index (Phi) is 4.26. The Labute approximate surface area is 158 Å². The van der Waals surface area contributed by atoms with Crippen molar-refractivity contribution in [1.82, 2.24) is 29.1 Å². The molecule has 0 bridgehead atoms. The van der Waals surface area contributed by atoms with Gasteiger partial charge in [-0.2, -0.15) is 5.10 Å². The van der Waals surface area contributed by atoms with Crippen LogP contribution < -0.4 is 0 Å². The lowest BCUT2D eigenvalue weighted by Crippen LogP contribution is -2.11. The van der Waals surface area contributed by atoms with Crippen molar-refractivity contribution < 1.29 is 0 Å². The normalized spacial score (nSPS) is 13.8. The van der Waals surface area contributed by atoms with Gasteiger partial charge in [0.2, 0.25) is 0 Å². The van der Waals surface area contributed by atoms with Crippen molar-refractivity contribution in [3.05, 3.63) is 65.8 Å². The molecule has 0 aliphatic carbocycles. The first-order valence-electron chi connectivity index (χ1n) is 9.23. The van der Waals surface area contributed by atoms with Gasteiger partial charge in [0.05, 0.1) is 17.1 Å². The lowest BCUT2D eigenvalue weighted by molar-refractivity contribution is 0.544. The molecule has 6 nitrogen and oxygen atoms in total. The number of aryl methyl sites for hydroxylation is 3. The number of rotatable bonds is 4. The van der Waals surface area contributed by atoms with Gasteiger partial charge in [-0.1, -0.05) is 44.2 Å². The van der Waals surface area contributed by atoms with E-state index in [0.717, 1.165) is 39.9 Å². The predicted octanol–water partition coefficient (Wildman–Crippen LogP) is 4.05. The van der Waals surface area contributed by atoms with Gasteiger partial charge in [0.15, 0.2) is 11.5 Å². The molecule has 0 spiro atoms. The van der Waals surface area contributed by atoms with Crippen molar-refractivity contribution >= 4 is 5.65 Å². The second-order valence-corrected chi connectivity index (χ2v) is 7.23. The van der Waals surface area contributed by atoms with Crippen LogP contribution in [0.25, 0.3) is 16.9 Å². The first-order chi connectivity index (χ1) is 13.0. The van der Waals surface area contributed by atoms with Crippen LogP contribution in [0.15, 0.2) is 42.7 Å². The molecule has 0 fully saturated rings. The van der Waals surface area contributed by atoms with Gasteiger partial charge in [-0.3, -0.25) is 4.98 Å². The van der Waals surface area contributed by atoms with E-state index in [2.05, 4.69) is 41.7 Å². The molecule has 0 saturated carbocycles. The van der Waals surface area contributed by atoms with Crippen LogP contribution in [0.5, 0.6) is 0 Å². The van der Waals surface area contributed by atoms with Crippen LogP contribution in [0, 0.1) is 13.8 Å². The lowest BCUT2D eigenvalue weighted by atomic mass is 9.94. The van der Waals surface area contributed by atoms with Crippen LogP contribution in [0.2, 0.25) is 0 Å². The summed E-state index contributed by atoms with van der Waals surface area (Å²) in [5.74, 6) is 2.17. The van der Waals surface area contributed by atoms with Gasteiger partial charge < -0.3 is 4.57 Å². The summed E-state index contributed by atoms with van der Waals surface area (Å²) in [6.07, 6.45) is 3.92. The highest BCUT2D eigenvalue weighted by Gasteiger charge is 2.25. The topological polar surface area (TPSA) is 60.9 Å². The van der Waals surface area contributed by atoms with E-state index in [4.69, 9.17) is 15.1 Å². The molecule has 6 heteroatoms. The van der Waals surface area contributed by atoms with Gasteiger partial charge in [-0.25, -0.2) is 14.5 Å². The first-order valence-corrected chi connectivity index (χ1v) is 9.23. The number of benzene rings is 1. The second-order valence-electron chi connectivity index (χ2n) is 7.23. The average molecular weight is 360 g/mol. The van der Waals surface area contributed by atoms with Gasteiger partial charge in [-0.15, -0.1) is 0 Å². The number of hydrogen-bond donors (Lipinski definition) is 0. The van der Waals surface area contributed by atoms with Crippen molar-refractivity contribution in [2.24, 2.45) is 7.05 Å². The minimum atomic E-state index is 0.133. The molecular weight excluding hydrogens is 336 g/mol. The highest BCUT2D eigenvalue weighted by molar-refractivity contribution is 5.58. The van der Waals surface area contributed by atoms with Crippen LogP contribution in [0.4, 0.5) is 0 Å². The van der Waals surface area contributed by atoms with E-state index >= 15 is 0 Å². The van der Waals surface area contributed by atoms with E-state index in [1.807, 2.05) is 49.8 Å². The summed E-state index contributed by atoms with van der Waals surface area (Å²) in [5, 5.41) is 4.74. The molecule has 3 aromatic heterocycles. The largest absolute Gasteiger partial charge is 0.337 e. The monoisotopic (exact) mass is 360 g/mol. The Morgan fingerprint density at radius 2 is 1.70 bits per heavy atom. The Morgan fingerprint density at radius 1 is 0.963 bits per heavy atom. The Hall–Kier alpha value is -3.02. The average Bonchev–Trinajstić information content (AvgIpc) is 3.29. The minimum Gasteiger partial charge on any atom is -0.337 e. The molecule has 4 rings (SSSR count). The summed E-state index contributed by atoms with van der Waals surface area (Å²) >= 11 is 0. The highest BCUT2D eigenvalue weighted by atomic mass is 15.3. The number of aromatic nitrogens is 6. The van der Waals surface area contributed by atoms with Crippen molar-refractivity contribution in [2.45, 2.75) is 39.5 Å². The van der Waals surface area contributed by atoms with Crippen molar-refractivity contribution in [3.8, 4) is 11.3 Å². The highest BCUT2D eigenvalue weighted by Crippen LogP contribution is 2.32. The third kappa shape index (κ3) is 3.01. The smallest absolute Gasteiger partial charge is 0.177 e. The van der Waals surface area contributed by atoms with E-state index in [9.17, 15) is 0 Å². The summed E-state index contributed by atoms with van der Waals surface area (Å²) in [4.78, 5) is 14.1. The molecule has 4 aromatic rings. The fourth-order valence-electron chi connectivity index (χ4n) is 3.40. The molecule has 0 amide bonds. The van der Waals surface area contributed by atoms with Crippen molar-refractivity contribution in [1.29, 1.82) is 0 Å². The van der Waals surface area contributed by atoms with Crippen LogP contribution in [0.3, 0.4) is 0 Å². The summed E-state index contributed by atoms with van der Waals surface area (Å²) in [5.41, 5.74) is 4.82. The maximum Gasteiger partial charge on any atom is 0.177 e. The second kappa shape index (κ2) is 6.61. The van der Waals surface area contributed by atoms with Crippen LogP contribution >= 0.6 is 0 Å². The minimum absolute atomic E-state index is 0.133. The van der Waals surface area contributed by atoms with E-state index in [-0.39, 0.29) is 11.8 Å². The van der Waals surface area contributed by atoms with Crippen molar-refractivity contribution in [3.63, 3.8) is 0 Å².